The normalized spacial score (nSPS) is 10.7. The average Bonchev–Trinajstić information content (AvgIpc) is 2.71. The number of rotatable bonds is 14. The van der Waals surface area contributed by atoms with Gasteiger partial charge in [0.25, 0.3) is 0 Å². The van der Waals surface area contributed by atoms with Gasteiger partial charge < -0.3 is 23.7 Å². The largest absolute Gasteiger partial charge is 0.491 e. The molecule has 0 radical (unpaired) electrons. The summed E-state index contributed by atoms with van der Waals surface area (Å²) in [6.07, 6.45) is 0. The summed E-state index contributed by atoms with van der Waals surface area (Å²) in [5.74, 6) is 1.69. The number of ether oxygens (including phenoxy) is 5. The van der Waals surface area contributed by atoms with Crippen molar-refractivity contribution in [1.29, 1.82) is 0 Å². The maximum Gasteiger partial charge on any atom is 0.119 e. The minimum absolute atomic E-state index is 0.561. The van der Waals surface area contributed by atoms with Crippen molar-refractivity contribution in [2.45, 2.75) is 27.1 Å². The van der Waals surface area contributed by atoms with Crippen LogP contribution >= 0.6 is 0 Å². The molecule has 5 nitrogen and oxygen atoms in total. The molecule has 2 aromatic rings. The summed E-state index contributed by atoms with van der Waals surface area (Å²) in [7, 11) is 0. The molecular weight excluding hydrogens is 344 g/mol. The third kappa shape index (κ3) is 8.91. The Balaban J connectivity index is 1.65. The van der Waals surface area contributed by atoms with Crippen LogP contribution in [0, 0.1) is 0 Å². The van der Waals surface area contributed by atoms with Crippen LogP contribution in [0.3, 0.4) is 0 Å². The van der Waals surface area contributed by atoms with Gasteiger partial charge in [-0.05, 0) is 49.2 Å². The highest BCUT2D eigenvalue weighted by atomic mass is 16.5. The summed E-state index contributed by atoms with van der Waals surface area (Å²) in [6.45, 7) is 8.84. The highest BCUT2D eigenvalue weighted by molar-refractivity contribution is 5.28. The van der Waals surface area contributed by atoms with Gasteiger partial charge in [-0.15, -0.1) is 0 Å². The van der Waals surface area contributed by atoms with Gasteiger partial charge >= 0.3 is 0 Å². The third-order valence-electron chi connectivity index (χ3n) is 3.79. The maximum absolute atomic E-state index is 5.79. The Morgan fingerprint density at radius 1 is 0.519 bits per heavy atom. The first-order chi connectivity index (χ1) is 13.3. The summed E-state index contributed by atoms with van der Waals surface area (Å²) < 4.78 is 27.5. The van der Waals surface area contributed by atoms with Crippen LogP contribution < -0.4 is 9.47 Å². The molecule has 0 N–H and O–H groups in total. The van der Waals surface area contributed by atoms with Gasteiger partial charge in [0.1, 0.15) is 24.7 Å². The minimum atomic E-state index is 0.561. The first-order valence-corrected chi connectivity index (χ1v) is 9.48. The van der Waals surface area contributed by atoms with E-state index in [2.05, 4.69) is 0 Å². The minimum Gasteiger partial charge on any atom is -0.491 e. The molecule has 2 aromatic carbocycles. The van der Waals surface area contributed by atoms with E-state index in [4.69, 9.17) is 23.7 Å². The summed E-state index contributed by atoms with van der Waals surface area (Å²) in [6, 6.07) is 15.9. The van der Waals surface area contributed by atoms with Crippen molar-refractivity contribution in [3.63, 3.8) is 0 Å². The number of hydrogen-bond acceptors (Lipinski definition) is 5. The molecule has 0 spiro atoms. The van der Waals surface area contributed by atoms with E-state index in [0.29, 0.717) is 52.9 Å². The fraction of sp³-hybridized carbons (Fsp3) is 0.455. The lowest BCUT2D eigenvalue weighted by Crippen LogP contribution is -2.06. The Bertz CT molecular complexity index is 554. The molecule has 148 valence electrons. The molecule has 0 aliphatic heterocycles. The van der Waals surface area contributed by atoms with Gasteiger partial charge in [0.15, 0.2) is 0 Å². The third-order valence-corrected chi connectivity index (χ3v) is 3.79. The van der Waals surface area contributed by atoms with E-state index >= 15 is 0 Å². The molecule has 0 saturated heterocycles. The van der Waals surface area contributed by atoms with E-state index < -0.39 is 0 Å². The van der Waals surface area contributed by atoms with E-state index in [1.54, 1.807) is 0 Å². The molecule has 0 aliphatic rings. The average molecular weight is 374 g/mol. The lowest BCUT2D eigenvalue weighted by molar-refractivity contribution is 0.106. The van der Waals surface area contributed by atoms with E-state index in [0.717, 1.165) is 22.6 Å². The van der Waals surface area contributed by atoms with Crippen molar-refractivity contribution in [1.82, 2.24) is 0 Å². The van der Waals surface area contributed by atoms with E-state index in [-0.39, 0.29) is 0 Å². The van der Waals surface area contributed by atoms with Crippen LogP contribution in [0.15, 0.2) is 48.5 Å². The Morgan fingerprint density at radius 2 is 0.926 bits per heavy atom. The van der Waals surface area contributed by atoms with E-state index in [1.165, 1.54) is 0 Å². The van der Waals surface area contributed by atoms with Crippen molar-refractivity contribution < 1.29 is 23.7 Å². The van der Waals surface area contributed by atoms with Crippen LogP contribution in [-0.4, -0.2) is 39.6 Å². The second-order valence-electron chi connectivity index (χ2n) is 5.87. The van der Waals surface area contributed by atoms with Gasteiger partial charge in [-0.2, -0.15) is 0 Å². The quantitative estimate of drug-likeness (QED) is 0.463. The second kappa shape index (κ2) is 13.1. The number of benzene rings is 2. The predicted octanol–water partition coefficient (Wildman–Crippen LogP) is 4.23. The van der Waals surface area contributed by atoms with Gasteiger partial charge in [-0.3, -0.25) is 0 Å². The standard InChI is InChI=1S/C22H30O5/c1-3-23-13-15-26-21-9-5-19(6-10-21)17-25-18-20-7-11-22(12-8-20)27-16-14-24-4-2/h5-12H,3-4,13-18H2,1-2H3. The highest BCUT2D eigenvalue weighted by Crippen LogP contribution is 2.15. The Morgan fingerprint density at radius 3 is 1.30 bits per heavy atom. The summed E-state index contributed by atoms with van der Waals surface area (Å²) >= 11 is 0. The van der Waals surface area contributed by atoms with Crippen molar-refractivity contribution in [3.8, 4) is 11.5 Å². The zero-order chi connectivity index (χ0) is 19.2. The fourth-order valence-corrected chi connectivity index (χ4v) is 2.38. The van der Waals surface area contributed by atoms with Gasteiger partial charge in [0.2, 0.25) is 0 Å². The molecule has 0 aromatic heterocycles. The molecule has 0 aliphatic carbocycles. The van der Waals surface area contributed by atoms with Crippen molar-refractivity contribution in [3.05, 3.63) is 59.7 Å². The maximum atomic E-state index is 5.79. The Hall–Kier alpha value is -2.08. The Kier molecular flexibility index (Phi) is 10.3. The molecule has 2 rings (SSSR count). The van der Waals surface area contributed by atoms with Gasteiger partial charge in [-0.25, -0.2) is 0 Å². The molecule has 0 unspecified atom stereocenters. The molecule has 27 heavy (non-hydrogen) atoms. The van der Waals surface area contributed by atoms with Crippen molar-refractivity contribution >= 4 is 0 Å². The summed E-state index contributed by atoms with van der Waals surface area (Å²) in [4.78, 5) is 0. The lowest BCUT2D eigenvalue weighted by Gasteiger charge is -2.09. The molecule has 0 heterocycles. The van der Waals surface area contributed by atoms with Crippen LogP contribution in [-0.2, 0) is 27.4 Å². The van der Waals surface area contributed by atoms with Crippen molar-refractivity contribution in [2.75, 3.05) is 39.6 Å². The zero-order valence-electron chi connectivity index (χ0n) is 16.3. The SMILES string of the molecule is CCOCCOc1ccc(COCc2ccc(OCCOCC)cc2)cc1. The zero-order valence-corrected chi connectivity index (χ0v) is 16.3. The van der Waals surface area contributed by atoms with Crippen LogP contribution in [0.25, 0.3) is 0 Å². The first-order valence-electron chi connectivity index (χ1n) is 9.48. The van der Waals surface area contributed by atoms with Crippen LogP contribution in [0.2, 0.25) is 0 Å². The molecule has 0 bridgehead atoms. The molecular formula is C22H30O5. The highest BCUT2D eigenvalue weighted by Gasteiger charge is 1.99. The van der Waals surface area contributed by atoms with E-state index in [1.807, 2.05) is 62.4 Å². The topological polar surface area (TPSA) is 46.2 Å². The summed E-state index contributed by atoms with van der Waals surface area (Å²) in [5, 5.41) is 0. The molecule has 5 heteroatoms. The van der Waals surface area contributed by atoms with Gasteiger partial charge in [0.05, 0.1) is 26.4 Å². The van der Waals surface area contributed by atoms with Crippen LogP contribution in [0.4, 0.5) is 0 Å². The predicted molar refractivity (Wildman–Crippen MR) is 105 cm³/mol. The fourth-order valence-electron chi connectivity index (χ4n) is 2.38. The summed E-state index contributed by atoms with van der Waals surface area (Å²) in [5.41, 5.74) is 2.23. The van der Waals surface area contributed by atoms with E-state index in [9.17, 15) is 0 Å². The monoisotopic (exact) mass is 374 g/mol. The van der Waals surface area contributed by atoms with Crippen LogP contribution in [0.5, 0.6) is 11.5 Å². The molecule has 0 amide bonds. The smallest absolute Gasteiger partial charge is 0.119 e. The molecule has 0 fully saturated rings. The van der Waals surface area contributed by atoms with Crippen molar-refractivity contribution in [2.24, 2.45) is 0 Å². The van der Waals surface area contributed by atoms with Gasteiger partial charge in [-0.1, -0.05) is 24.3 Å². The second-order valence-corrected chi connectivity index (χ2v) is 5.87. The molecule has 0 atom stereocenters. The Labute approximate surface area is 162 Å². The lowest BCUT2D eigenvalue weighted by atomic mass is 10.2. The van der Waals surface area contributed by atoms with Gasteiger partial charge in [0, 0.05) is 13.2 Å². The number of hydrogen-bond donors (Lipinski definition) is 0. The first kappa shape index (κ1) is 21.2. The molecule has 0 saturated carbocycles. The van der Waals surface area contributed by atoms with Crippen LogP contribution in [0.1, 0.15) is 25.0 Å².